The van der Waals surface area contributed by atoms with Crippen LogP contribution in [-0.4, -0.2) is 21.8 Å². The molecule has 0 bridgehead atoms. The molecule has 0 spiro atoms. The summed E-state index contributed by atoms with van der Waals surface area (Å²) in [4.78, 5) is 28.5. The summed E-state index contributed by atoms with van der Waals surface area (Å²) in [6.45, 7) is 4.07. The number of Topliss-reactive ketones (excluding diaryl/α,β-unsaturated/α-hetero) is 1. The SMILES string of the molecule is CC1(C)CC(=O)c2cc3c(N)c(C(=O)O)sc3nc2C1. The predicted octanol–water partition coefficient (Wildman–Crippen LogP) is 2.73. The minimum atomic E-state index is -1.06. The number of anilines is 1. The highest BCUT2D eigenvalue weighted by atomic mass is 32.1. The van der Waals surface area contributed by atoms with Crippen LogP contribution in [0.4, 0.5) is 5.69 Å². The number of nitrogen functional groups attached to an aromatic ring is 1. The fourth-order valence-electron chi connectivity index (χ4n) is 2.66. The van der Waals surface area contributed by atoms with Crippen molar-refractivity contribution in [3.8, 4) is 0 Å². The van der Waals surface area contributed by atoms with Crippen molar-refractivity contribution >= 4 is 39.0 Å². The number of carbonyl (C=O) groups is 2. The Labute approximate surface area is 119 Å². The molecule has 0 amide bonds. The highest BCUT2D eigenvalue weighted by molar-refractivity contribution is 7.21. The van der Waals surface area contributed by atoms with Crippen LogP contribution in [0.1, 0.15) is 46.0 Å². The van der Waals surface area contributed by atoms with E-state index in [0.29, 0.717) is 28.6 Å². The van der Waals surface area contributed by atoms with Crippen molar-refractivity contribution in [2.24, 2.45) is 5.41 Å². The smallest absolute Gasteiger partial charge is 0.348 e. The van der Waals surface area contributed by atoms with Crippen molar-refractivity contribution in [2.45, 2.75) is 26.7 Å². The minimum absolute atomic E-state index is 0.0492. The summed E-state index contributed by atoms with van der Waals surface area (Å²) >= 11 is 1.06. The maximum atomic E-state index is 12.2. The highest BCUT2D eigenvalue weighted by Gasteiger charge is 2.33. The fourth-order valence-corrected chi connectivity index (χ4v) is 3.59. The number of nitrogens with two attached hydrogens (primary N) is 1. The molecule has 3 rings (SSSR count). The number of carbonyl (C=O) groups excluding carboxylic acids is 1. The van der Waals surface area contributed by atoms with E-state index < -0.39 is 5.97 Å². The van der Waals surface area contributed by atoms with Gasteiger partial charge in [0.2, 0.25) is 0 Å². The number of aromatic carboxylic acids is 1. The Morgan fingerprint density at radius 2 is 2.15 bits per heavy atom. The highest BCUT2D eigenvalue weighted by Crippen LogP contribution is 2.39. The Morgan fingerprint density at radius 3 is 2.80 bits per heavy atom. The summed E-state index contributed by atoms with van der Waals surface area (Å²) in [6, 6.07) is 1.70. The zero-order valence-corrected chi connectivity index (χ0v) is 12.0. The van der Waals surface area contributed by atoms with Crippen molar-refractivity contribution in [2.75, 3.05) is 5.73 Å². The van der Waals surface area contributed by atoms with Gasteiger partial charge in [0.15, 0.2) is 5.78 Å². The van der Waals surface area contributed by atoms with Crippen LogP contribution >= 0.6 is 11.3 Å². The third-order valence-electron chi connectivity index (χ3n) is 3.58. The zero-order chi connectivity index (χ0) is 14.7. The van der Waals surface area contributed by atoms with Gasteiger partial charge in [-0.15, -0.1) is 11.3 Å². The van der Waals surface area contributed by atoms with Gasteiger partial charge in [0, 0.05) is 17.4 Å². The van der Waals surface area contributed by atoms with Gasteiger partial charge in [-0.2, -0.15) is 0 Å². The number of nitrogens with zero attached hydrogens (tertiary/aromatic N) is 1. The first-order valence-corrected chi connectivity index (χ1v) is 7.08. The van der Waals surface area contributed by atoms with Crippen LogP contribution in [0, 0.1) is 5.41 Å². The van der Waals surface area contributed by atoms with Crippen molar-refractivity contribution in [1.29, 1.82) is 0 Å². The summed E-state index contributed by atoms with van der Waals surface area (Å²) in [5, 5.41) is 9.67. The molecule has 0 saturated carbocycles. The van der Waals surface area contributed by atoms with Crippen LogP contribution in [-0.2, 0) is 6.42 Å². The molecule has 0 saturated heterocycles. The molecule has 20 heavy (non-hydrogen) atoms. The predicted molar refractivity (Wildman–Crippen MR) is 77.4 cm³/mol. The lowest BCUT2D eigenvalue weighted by molar-refractivity contribution is 0.0703. The fraction of sp³-hybridized carbons (Fsp3) is 0.357. The Bertz CT molecular complexity index is 761. The van der Waals surface area contributed by atoms with Crippen LogP contribution in [0.5, 0.6) is 0 Å². The average Bonchev–Trinajstić information content (AvgIpc) is 2.63. The van der Waals surface area contributed by atoms with Crippen LogP contribution in [0.2, 0.25) is 0 Å². The number of pyridine rings is 1. The Hall–Kier alpha value is -1.95. The normalized spacial score (nSPS) is 17.2. The third-order valence-corrected chi connectivity index (χ3v) is 4.68. The number of aromatic nitrogens is 1. The van der Waals surface area contributed by atoms with Crippen LogP contribution < -0.4 is 5.73 Å². The maximum Gasteiger partial charge on any atom is 0.348 e. The van der Waals surface area contributed by atoms with E-state index in [1.165, 1.54) is 0 Å². The van der Waals surface area contributed by atoms with Gasteiger partial charge in [-0.3, -0.25) is 4.79 Å². The quantitative estimate of drug-likeness (QED) is 0.842. The first-order chi connectivity index (χ1) is 9.28. The molecule has 0 aliphatic heterocycles. The molecular weight excluding hydrogens is 276 g/mol. The number of hydrogen-bond donors (Lipinski definition) is 2. The lowest BCUT2D eigenvalue weighted by atomic mass is 9.75. The van der Waals surface area contributed by atoms with Gasteiger partial charge in [-0.1, -0.05) is 13.8 Å². The van der Waals surface area contributed by atoms with E-state index in [9.17, 15) is 9.59 Å². The van der Waals surface area contributed by atoms with E-state index in [2.05, 4.69) is 4.98 Å². The number of ketones is 1. The van der Waals surface area contributed by atoms with E-state index in [1.54, 1.807) is 6.07 Å². The minimum Gasteiger partial charge on any atom is -0.477 e. The molecule has 0 fully saturated rings. The van der Waals surface area contributed by atoms with E-state index in [-0.39, 0.29) is 21.8 Å². The van der Waals surface area contributed by atoms with Crippen molar-refractivity contribution in [1.82, 2.24) is 4.98 Å². The number of carboxylic acids is 1. The van der Waals surface area contributed by atoms with Gasteiger partial charge in [-0.05, 0) is 17.9 Å². The second kappa shape index (κ2) is 4.02. The molecule has 2 aromatic rings. The average molecular weight is 290 g/mol. The summed E-state index contributed by atoms with van der Waals surface area (Å²) < 4.78 is 0. The summed E-state index contributed by atoms with van der Waals surface area (Å²) in [5.74, 6) is -1.01. The third kappa shape index (κ3) is 1.87. The molecule has 3 N–H and O–H groups in total. The molecule has 6 heteroatoms. The van der Waals surface area contributed by atoms with Crippen molar-refractivity contribution in [3.63, 3.8) is 0 Å². The Balaban J connectivity index is 2.26. The zero-order valence-electron chi connectivity index (χ0n) is 11.2. The van der Waals surface area contributed by atoms with Gasteiger partial charge in [0.25, 0.3) is 0 Å². The van der Waals surface area contributed by atoms with Crippen molar-refractivity contribution in [3.05, 3.63) is 22.2 Å². The lowest BCUT2D eigenvalue weighted by Crippen LogP contribution is -2.27. The van der Waals surface area contributed by atoms with Gasteiger partial charge in [0.05, 0.1) is 11.4 Å². The van der Waals surface area contributed by atoms with Crippen molar-refractivity contribution < 1.29 is 14.7 Å². The van der Waals surface area contributed by atoms with Gasteiger partial charge in [0.1, 0.15) is 9.71 Å². The number of hydrogen-bond acceptors (Lipinski definition) is 5. The standard InChI is InChI=1S/C14H14N2O3S/c1-14(2)4-8-6(9(17)5-14)3-7-10(15)11(13(18)19)20-12(7)16-8/h3H,4-5,15H2,1-2H3,(H,18,19). The molecule has 2 heterocycles. The first-order valence-electron chi connectivity index (χ1n) is 6.27. The molecule has 1 aliphatic rings. The molecule has 5 nitrogen and oxygen atoms in total. The van der Waals surface area contributed by atoms with E-state index in [1.807, 2.05) is 13.8 Å². The molecule has 2 aromatic heterocycles. The largest absolute Gasteiger partial charge is 0.477 e. The molecular formula is C14H14N2O3S. The molecule has 1 aliphatic carbocycles. The van der Waals surface area contributed by atoms with Gasteiger partial charge >= 0.3 is 5.97 Å². The molecule has 0 unspecified atom stereocenters. The topological polar surface area (TPSA) is 93.3 Å². The summed E-state index contributed by atoms with van der Waals surface area (Å²) in [6.07, 6.45) is 1.19. The van der Waals surface area contributed by atoms with E-state index in [0.717, 1.165) is 17.0 Å². The lowest BCUT2D eigenvalue weighted by Gasteiger charge is -2.29. The monoisotopic (exact) mass is 290 g/mol. The number of rotatable bonds is 1. The maximum absolute atomic E-state index is 12.2. The first kappa shape index (κ1) is 13.1. The molecule has 0 radical (unpaired) electrons. The Morgan fingerprint density at radius 1 is 1.45 bits per heavy atom. The number of fused-ring (bicyclic) bond motifs is 2. The van der Waals surface area contributed by atoms with E-state index >= 15 is 0 Å². The van der Waals surface area contributed by atoms with Crippen LogP contribution in [0.15, 0.2) is 6.07 Å². The summed E-state index contributed by atoms with van der Waals surface area (Å²) in [5.41, 5.74) is 7.27. The second-order valence-electron chi connectivity index (χ2n) is 5.93. The summed E-state index contributed by atoms with van der Waals surface area (Å²) in [7, 11) is 0. The van der Waals surface area contributed by atoms with E-state index in [4.69, 9.17) is 10.8 Å². The second-order valence-corrected chi connectivity index (χ2v) is 6.93. The van der Waals surface area contributed by atoms with Gasteiger partial charge < -0.3 is 10.8 Å². The van der Waals surface area contributed by atoms with Crippen LogP contribution in [0.25, 0.3) is 10.2 Å². The molecule has 0 atom stereocenters. The molecule has 0 aromatic carbocycles. The Kier molecular flexibility index (Phi) is 2.62. The van der Waals surface area contributed by atoms with Gasteiger partial charge in [-0.25, -0.2) is 9.78 Å². The molecule has 104 valence electrons. The number of carboxylic acid groups (broad SMARTS) is 1. The number of thiophene rings is 1. The van der Waals surface area contributed by atoms with Crippen LogP contribution in [0.3, 0.4) is 0 Å².